The zero-order chi connectivity index (χ0) is 66.9. The van der Waals surface area contributed by atoms with Crippen molar-refractivity contribution < 1.29 is 63.0 Å². The van der Waals surface area contributed by atoms with Gasteiger partial charge in [0.05, 0.1) is 18.2 Å². The summed E-state index contributed by atoms with van der Waals surface area (Å²) in [7, 11) is 9.67. The molecule has 12 atom stereocenters. The van der Waals surface area contributed by atoms with Crippen LogP contribution in [0.3, 0.4) is 0 Å². The van der Waals surface area contributed by atoms with Gasteiger partial charge in [0.25, 0.3) is 0 Å². The lowest BCUT2D eigenvalue weighted by molar-refractivity contribution is -0.157. The standard InChI is InChI=1S/C62H111N11O13/c1-25-27-28-39(13)51(75)50-55(79)65-42(26-2)57(81)67(18)33-47(74)68(19)46(32-62(16,17)86)54(78)66-48(37(9)10)60(84)69(20)43(29-34(3)4)53(77)63-40(14)52(76)64-41(15)56(80)70(21)44(30-35(5)6)58(82)71(22)45(31-36(7)8)59(83)72(23)49(38(11)12)61(85)73(50)24/h25,27,34-46,48-51,75,86H,26,28-33H2,1-24H3,(H,63,77)(H,64,76)(H,65,79)(H,66,78)/t39-,40+,41-,42+,43+,44+,45+,46+,48+,49+,50+,51-/m1/s1. The van der Waals surface area contributed by atoms with E-state index >= 15 is 9.59 Å². The molecular formula is C62H111N11O13. The minimum atomic E-state index is -1.64. The van der Waals surface area contributed by atoms with Crippen molar-refractivity contribution in [3.8, 4) is 0 Å². The van der Waals surface area contributed by atoms with Crippen LogP contribution in [0.1, 0.15) is 156 Å². The molecule has 11 amide bonds. The van der Waals surface area contributed by atoms with Gasteiger partial charge in [-0.2, -0.15) is 0 Å². The van der Waals surface area contributed by atoms with E-state index in [2.05, 4.69) is 21.3 Å². The molecule has 0 saturated carbocycles. The van der Waals surface area contributed by atoms with E-state index in [0.717, 1.165) is 14.7 Å². The Balaban J connectivity index is 4.35. The van der Waals surface area contributed by atoms with Crippen LogP contribution in [0, 0.1) is 35.5 Å². The molecule has 1 heterocycles. The SMILES string of the molecule is CC=CC[C@@H](C)[C@@H](O)[C@H]1C(=O)N[C@@H](CC)C(=O)N(C)CC(=O)N(C)[C@@H](CC(C)(C)O)C(=O)N[C@@H](C(C)C)C(=O)N(C)[C@@H](CC(C)C)C(=O)N[C@@H](C)C(=O)N[C@H](C)C(=O)N(C)[C@@H](CC(C)C)C(=O)N(C)[C@@H](CC(C)C)C(=O)N(C)[C@@H](C(C)C)C(=O)N1C. The number of carbonyl (C=O) groups is 11. The average Bonchev–Trinajstić information content (AvgIpc) is 3.54. The van der Waals surface area contributed by atoms with E-state index in [1.807, 2.05) is 41.5 Å². The maximum Gasteiger partial charge on any atom is 0.246 e. The molecule has 492 valence electrons. The van der Waals surface area contributed by atoms with E-state index in [-0.39, 0.29) is 49.9 Å². The number of carbonyl (C=O) groups excluding carboxylic acids is 11. The second-order valence-corrected chi connectivity index (χ2v) is 26.5. The molecule has 0 bridgehead atoms. The lowest BCUT2D eigenvalue weighted by Crippen LogP contribution is -2.63. The highest BCUT2D eigenvalue weighted by atomic mass is 16.3. The van der Waals surface area contributed by atoms with Crippen molar-refractivity contribution in [1.82, 2.24) is 55.6 Å². The molecule has 24 heteroatoms. The van der Waals surface area contributed by atoms with E-state index < -0.39 is 161 Å². The number of allylic oxidation sites excluding steroid dienone is 2. The minimum Gasteiger partial charge on any atom is -0.390 e. The first-order chi connectivity index (χ1) is 39.5. The van der Waals surface area contributed by atoms with E-state index in [9.17, 15) is 53.4 Å². The molecule has 0 aliphatic carbocycles. The van der Waals surface area contributed by atoms with Crippen LogP contribution in [0.4, 0.5) is 0 Å². The van der Waals surface area contributed by atoms with E-state index in [0.29, 0.717) is 6.42 Å². The average molecular weight is 1220 g/mol. The summed E-state index contributed by atoms with van der Waals surface area (Å²) < 4.78 is 0. The molecule has 1 rings (SSSR count). The number of nitrogens with zero attached hydrogens (tertiary/aromatic N) is 7. The first-order valence-corrected chi connectivity index (χ1v) is 30.6. The fourth-order valence-electron chi connectivity index (χ4n) is 10.7. The number of likely N-dealkylation sites (N-methyl/N-ethyl adjacent to an activating group) is 7. The highest BCUT2D eigenvalue weighted by molar-refractivity contribution is 5.99. The molecule has 6 N–H and O–H groups in total. The van der Waals surface area contributed by atoms with Crippen molar-refractivity contribution in [2.24, 2.45) is 35.5 Å². The molecular weight excluding hydrogens is 1110 g/mol. The van der Waals surface area contributed by atoms with E-state index in [1.165, 1.54) is 96.6 Å². The van der Waals surface area contributed by atoms with Crippen molar-refractivity contribution in [3.63, 3.8) is 0 Å². The van der Waals surface area contributed by atoms with Crippen LogP contribution in [0.5, 0.6) is 0 Å². The van der Waals surface area contributed by atoms with Crippen LogP contribution in [0.2, 0.25) is 0 Å². The Hall–Kier alpha value is -6.17. The number of hydrogen-bond acceptors (Lipinski definition) is 13. The molecule has 86 heavy (non-hydrogen) atoms. The van der Waals surface area contributed by atoms with E-state index in [4.69, 9.17) is 0 Å². The van der Waals surface area contributed by atoms with Gasteiger partial charge >= 0.3 is 0 Å². The summed E-state index contributed by atoms with van der Waals surface area (Å²) in [5, 5.41) is 34.0. The number of rotatable bonds is 15. The summed E-state index contributed by atoms with van der Waals surface area (Å²) in [6.07, 6.45) is 2.40. The zero-order valence-electron chi connectivity index (χ0n) is 56.4. The first kappa shape index (κ1) is 77.8. The second kappa shape index (κ2) is 34.4. The Kier molecular flexibility index (Phi) is 31.1. The topological polar surface area (TPSA) is 299 Å². The molecule has 0 unspecified atom stereocenters. The van der Waals surface area contributed by atoms with Gasteiger partial charge in [0.1, 0.15) is 60.4 Å². The van der Waals surface area contributed by atoms with Crippen molar-refractivity contribution in [2.75, 3.05) is 55.9 Å². The Morgan fingerprint density at radius 2 is 0.953 bits per heavy atom. The fraction of sp³-hybridized carbons (Fsp3) is 0.790. The molecule has 1 saturated heterocycles. The minimum absolute atomic E-state index is 0.0135. The van der Waals surface area contributed by atoms with Gasteiger partial charge in [0.15, 0.2) is 0 Å². The molecule has 0 aromatic rings. The lowest BCUT2D eigenvalue weighted by atomic mass is 9.91. The predicted molar refractivity (Wildman–Crippen MR) is 330 cm³/mol. The third-order valence-corrected chi connectivity index (χ3v) is 16.1. The Morgan fingerprint density at radius 3 is 1.41 bits per heavy atom. The van der Waals surface area contributed by atoms with Crippen LogP contribution < -0.4 is 21.3 Å². The summed E-state index contributed by atoms with van der Waals surface area (Å²) in [6.45, 7) is 28.1. The van der Waals surface area contributed by atoms with Crippen LogP contribution in [-0.4, -0.2) is 237 Å². The summed E-state index contributed by atoms with van der Waals surface area (Å²) >= 11 is 0. The smallest absolute Gasteiger partial charge is 0.246 e. The maximum atomic E-state index is 15.1. The molecule has 1 fully saturated rings. The van der Waals surface area contributed by atoms with Crippen LogP contribution in [-0.2, 0) is 52.7 Å². The molecule has 0 aromatic carbocycles. The van der Waals surface area contributed by atoms with Crippen molar-refractivity contribution in [1.29, 1.82) is 0 Å². The van der Waals surface area contributed by atoms with Gasteiger partial charge in [0, 0.05) is 55.8 Å². The summed E-state index contributed by atoms with van der Waals surface area (Å²) in [5.41, 5.74) is -1.55. The van der Waals surface area contributed by atoms with Gasteiger partial charge < -0.3 is 65.8 Å². The van der Waals surface area contributed by atoms with Crippen LogP contribution in [0.25, 0.3) is 0 Å². The van der Waals surface area contributed by atoms with E-state index in [1.54, 1.807) is 60.6 Å². The molecule has 0 radical (unpaired) electrons. The highest BCUT2D eigenvalue weighted by Gasteiger charge is 2.46. The number of hydrogen-bond donors (Lipinski definition) is 6. The van der Waals surface area contributed by atoms with Crippen molar-refractivity contribution in [2.45, 2.75) is 228 Å². The Morgan fingerprint density at radius 1 is 0.512 bits per heavy atom. The fourth-order valence-corrected chi connectivity index (χ4v) is 10.7. The van der Waals surface area contributed by atoms with Gasteiger partial charge in [-0.25, -0.2) is 0 Å². The normalized spacial score (nSPS) is 26.9. The van der Waals surface area contributed by atoms with Gasteiger partial charge in [-0.15, -0.1) is 0 Å². The number of aliphatic hydroxyl groups excluding tert-OH is 1. The summed E-state index contributed by atoms with van der Waals surface area (Å²) in [4.78, 5) is 168. The van der Waals surface area contributed by atoms with Gasteiger partial charge in [-0.3, -0.25) is 52.7 Å². The quantitative estimate of drug-likeness (QED) is 0.129. The summed E-state index contributed by atoms with van der Waals surface area (Å²) in [5.74, 6) is -10.3. The summed E-state index contributed by atoms with van der Waals surface area (Å²) in [6, 6.07) is -12.9. The van der Waals surface area contributed by atoms with Gasteiger partial charge in [-0.05, 0) is 102 Å². The first-order valence-electron chi connectivity index (χ1n) is 30.6. The molecule has 0 spiro atoms. The molecule has 0 aromatic heterocycles. The number of nitrogens with one attached hydrogen (secondary N) is 4. The largest absolute Gasteiger partial charge is 0.390 e. The van der Waals surface area contributed by atoms with Gasteiger partial charge in [-0.1, -0.05) is 95.2 Å². The highest BCUT2D eigenvalue weighted by Crippen LogP contribution is 2.26. The number of amides is 11. The van der Waals surface area contributed by atoms with Crippen LogP contribution in [0.15, 0.2) is 12.2 Å². The molecule has 1 aliphatic rings. The predicted octanol–water partition coefficient (Wildman–Crippen LogP) is 2.38. The third kappa shape index (κ3) is 21.9. The monoisotopic (exact) mass is 1220 g/mol. The third-order valence-electron chi connectivity index (χ3n) is 16.1. The lowest BCUT2D eigenvalue weighted by Gasteiger charge is -2.41. The molecule has 1 aliphatic heterocycles. The van der Waals surface area contributed by atoms with Crippen molar-refractivity contribution >= 4 is 65.0 Å². The Labute approximate surface area is 513 Å². The zero-order valence-corrected chi connectivity index (χ0v) is 56.4. The van der Waals surface area contributed by atoms with Gasteiger partial charge in [0.2, 0.25) is 65.0 Å². The second-order valence-electron chi connectivity index (χ2n) is 26.5. The van der Waals surface area contributed by atoms with Crippen molar-refractivity contribution in [3.05, 3.63) is 12.2 Å². The number of aliphatic hydroxyl groups is 2. The molecule has 24 nitrogen and oxygen atoms in total. The van der Waals surface area contributed by atoms with Crippen LogP contribution >= 0.6 is 0 Å². The maximum absolute atomic E-state index is 15.1. The Bertz CT molecular complexity index is 2370.